The van der Waals surface area contributed by atoms with Crippen molar-refractivity contribution in [3.63, 3.8) is 0 Å². The Balaban J connectivity index is 2.72. The lowest BCUT2D eigenvalue weighted by atomic mass is 10.1. The first-order chi connectivity index (χ1) is 9.64. The largest absolute Gasteiger partial charge is 0.349 e. The molecule has 0 spiro atoms. The van der Waals surface area contributed by atoms with E-state index >= 15 is 0 Å². The first-order valence-corrected chi connectivity index (χ1v) is 8.95. The van der Waals surface area contributed by atoms with E-state index < -0.39 is 15.6 Å². The summed E-state index contributed by atoms with van der Waals surface area (Å²) in [4.78, 5) is 12.6. The number of sulfonamides is 1. The molecule has 0 atom stereocenters. The second kappa shape index (κ2) is 7.04. The normalized spacial score (nSPS) is 11.6. The van der Waals surface area contributed by atoms with Gasteiger partial charge in [-0.1, -0.05) is 11.8 Å². The van der Waals surface area contributed by atoms with Gasteiger partial charge in [-0.3, -0.25) is 4.79 Å². The number of nitrogens with two attached hydrogens (primary N) is 1. The topological polar surface area (TPSA) is 101 Å². The van der Waals surface area contributed by atoms with Crippen molar-refractivity contribution in [1.82, 2.24) is 10.0 Å². The maximum atomic E-state index is 12.1. The average molecular weight is 329 g/mol. The highest BCUT2D eigenvalue weighted by Gasteiger charge is 2.23. The van der Waals surface area contributed by atoms with Gasteiger partial charge in [0.1, 0.15) is 4.88 Å². The molecule has 0 aliphatic carbocycles. The van der Waals surface area contributed by atoms with E-state index in [1.54, 1.807) is 25.3 Å². The maximum Gasteiger partial charge on any atom is 0.262 e. The van der Waals surface area contributed by atoms with Gasteiger partial charge >= 0.3 is 0 Å². The Morgan fingerprint density at radius 3 is 2.71 bits per heavy atom. The minimum atomic E-state index is -3.34. The van der Waals surface area contributed by atoms with Crippen LogP contribution in [0.3, 0.4) is 0 Å². The van der Waals surface area contributed by atoms with E-state index in [0.717, 1.165) is 6.26 Å². The second-order valence-electron chi connectivity index (χ2n) is 5.11. The Labute approximate surface area is 129 Å². The first kappa shape index (κ1) is 17.7. The van der Waals surface area contributed by atoms with Crippen LogP contribution in [0.25, 0.3) is 0 Å². The fraction of sp³-hybridized carbons (Fsp3) is 0.462. The van der Waals surface area contributed by atoms with Crippen molar-refractivity contribution in [2.24, 2.45) is 5.73 Å². The lowest BCUT2D eigenvalue weighted by Gasteiger charge is -2.25. The van der Waals surface area contributed by atoms with Crippen molar-refractivity contribution in [2.75, 3.05) is 19.3 Å². The summed E-state index contributed by atoms with van der Waals surface area (Å²) in [5.74, 6) is 5.25. The second-order valence-corrected chi connectivity index (χ2v) is 7.77. The van der Waals surface area contributed by atoms with Crippen LogP contribution in [-0.4, -0.2) is 39.2 Å². The molecule has 8 heteroatoms. The van der Waals surface area contributed by atoms with E-state index in [0.29, 0.717) is 10.4 Å². The molecule has 0 unspecified atom stereocenters. The van der Waals surface area contributed by atoms with E-state index in [4.69, 9.17) is 5.73 Å². The third-order valence-electron chi connectivity index (χ3n) is 2.35. The van der Waals surface area contributed by atoms with Gasteiger partial charge in [-0.15, -0.1) is 11.3 Å². The molecule has 0 saturated carbocycles. The number of rotatable bonds is 5. The van der Waals surface area contributed by atoms with Crippen LogP contribution >= 0.6 is 11.3 Å². The number of carbonyl (C=O) groups excluding carboxylic acids is 1. The zero-order valence-corrected chi connectivity index (χ0v) is 13.8. The fourth-order valence-corrected chi connectivity index (χ4v) is 3.49. The zero-order chi connectivity index (χ0) is 16.1. The van der Waals surface area contributed by atoms with Gasteiger partial charge in [0.2, 0.25) is 10.0 Å². The van der Waals surface area contributed by atoms with Gasteiger partial charge in [0.05, 0.1) is 12.8 Å². The smallest absolute Gasteiger partial charge is 0.262 e. The molecule has 4 N–H and O–H groups in total. The Kier molecular flexibility index (Phi) is 5.92. The number of hydrogen-bond acceptors (Lipinski definition) is 5. The molecule has 0 aliphatic rings. The average Bonchev–Trinajstić information content (AvgIpc) is 2.79. The van der Waals surface area contributed by atoms with Crippen LogP contribution in [0, 0.1) is 11.8 Å². The molecule has 1 heterocycles. The summed E-state index contributed by atoms with van der Waals surface area (Å²) in [6.07, 6.45) is 1.08. The highest BCUT2D eigenvalue weighted by Crippen LogP contribution is 2.16. The van der Waals surface area contributed by atoms with Gasteiger partial charge in [-0.25, -0.2) is 13.1 Å². The predicted molar refractivity (Wildman–Crippen MR) is 84.6 cm³/mol. The highest BCUT2D eigenvalue weighted by atomic mass is 32.2. The van der Waals surface area contributed by atoms with E-state index in [1.165, 1.54) is 11.3 Å². The van der Waals surface area contributed by atoms with Gasteiger partial charge in [0.15, 0.2) is 0 Å². The van der Waals surface area contributed by atoms with Crippen LogP contribution in [0.1, 0.15) is 29.1 Å². The third kappa shape index (κ3) is 6.27. The Morgan fingerprint density at radius 2 is 2.14 bits per heavy atom. The van der Waals surface area contributed by atoms with E-state index in [1.807, 2.05) is 0 Å². The molecule has 0 aromatic carbocycles. The Bertz CT molecular complexity index is 666. The molecule has 116 valence electrons. The van der Waals surface area contributed by atoms with Crippen LogP contribution in [0.5, 0.6) is 0 Å². The monoisotopic (exact) mass is 329 g/mol. The zero-order valence-electron chi connectivity index (χ0n) is 12.2. The Hall–Kier alpha value is -1.40. The van der Waals surface area contributed by atoms with Crippen LogP contribution in [-0.2, 0) is 10.0 Å². The minimum absolute atomic E-state index is 0.167. The molecule has 0 radical (unpaired) electrons. The molecule has 6 nitrogen and oxygen atoms in total. The summed E-state index contributed by atoms with van der Waals surface area (Å²) in [5, 5.41) is 4.48. The molecular formula is C13H19N3O3S2. The van der Waals surface area contributed by atoms with E-state index in [2.05, 4.69) is 21.9 Å². The molecule has 0 bridgehead atoms. The quantitative estimate of drug-likeness (QED) is 0.668. The lowest BCUT2D eigenvalue weighted by molar-refractivity contribution is 0.0948. The standard InChI is InChI=1S/C13H19N3O3S2/c1-13(2,16-21(3,18)19)9-15-12(17)11-10(5-4-7-14)6-8-20-11/h6,8,16H,7,9,14H2,1-3H3,(H,15,17). The number of amides is 1. The summed E-state index contributed by atoms with van der Waals surface area (Å²) in [6.45, 7) is 3.78. The van der Waals surface area contributed by atoms with Crippen LogP contribution in [0.2, 0.25) is 0 Å². The van der Waals surface area contributed by atoms with Crippen molar-refractivity contribution in [3.8, 4) is 11.8 Å². The summed E-state index contributed by atoms with van der Waals surface area (Å²) in [7, 11) is -3.34. The molecule has 1 rings (SSSR count). The van der Waals surface area contributed by atoms with Gasteiger partial charge in [0, 0.05) is 17.6 Å². The number of carbonyl (C=O) groups is 1. The van der Waals surface area contributed by atoms with Crippen LogP contribution in [0.15, 0.2) is 11.4 Å². The maximum absolute atomic E-state index is 12.1. The Morgan fingerprint density at radius 1 is 1.48 bits per heavy atom. The van der Waals surface area contributed by atoms with Crippen molar-refractivity contribution in [2.45, 2.75) is 19.4 Å². The first-order valence-electron chi connectivity index (χ1n) is 6.18. The van der Waals surface area contributed by atoms with E-state index in [-0.39, 0.29) is 19.0 Å². The summed E-state index contributed by atoms with van der Waals surface area (Å²) in [6, 6.07) is 1.75. The van der Waals surface area contributed by atoms with Crippen LogP contribution in [0.4, 0.5) is 0 Å². The molecular weight excluding hydrogens is 310 g/mol. The lowest BCUT2D eigenvalue weighted by Crippen LogP contribution is -2.50. The van der Waals surface area contributed by atoms with Crippen LogP contribution < -0.4 is 15.8 Å². The van der Waals surface area contributed by atoms with Gasteiger partial charge < -0.3 is 11.1 Å². The molecule has 1 amide bonds. The third-order valence-corrected chi connectivity index (χ3v) is 4.19. The van der Waals surface area contributed by atoms with Crippen molar-refractivity contribution < 1.29 is 13.2 Å². The van der Waals surface area contributed by atoms with Gasteiger partial charge in [-0.05, 0) is 25.3 Å². The van der Waals surface area contributed by atoms with Gasteiger partial charge in [0.25, 0.3) is 5.91 Å². The van der Waals surface area contributed by atoms with Crippen molar-refractivity contribution in [1.29, 1.82) is 0 Å². The predicted octanol–water partition coefficient (Wildman–Crippen LogP) is 0.116. The molecule has 1 aromatic heterocycles. The van der Waals surface area contributed by atoms with E-state index in [9.17, 15) is 13.2 Å². The minimum Gasteiger partial charge on any atom is -0.349 e. The molecule has 0 saturated heterocycles. The van der Waals surface area contributed by atoms with Crippen molar-refractivity contribution in [3.05, 3.63) is 21.9 Å². The summed E-state index contributed by atoms with van der Waals surface area (Å²) in [5.41, 5.74) is 5.16. The highest BCUT2D eigenvalue weighted by molar-refractivity contribution is 7.88. The summed E-state index contributed by atoms with van der Waals surface area (Å²) < 4.78 is 24.9. The SMILES string of the molecule is CC(C)(CNC(=O)c1sccc1C#CCN)NS(C)(=O)=O. The molecule has 0 aliphatic heterocycles. The number of nitrogens with one attached hydrogen (secondary N) is 2. The molecule has 0 fully saturated rings. The number of hydrogen-bond donors (Lipinski definition) is 3. The van der Waals surface area contributed by atoms with Gasteiger partial charge in [-0.2, -0.15) is 0 Å². The molecule has 1 aromatic rings. The number of thiophene rings is 1. The summed E-state index contributed by atoms with van der Waals surface area (Å²) >= 11 is 1.28. The fourth-order valence-electron chi connectivity index (χ4n) is 1.65. The van der Waals surface area contributed by atoms with Crippen molar-refractivity contribution >= 4 is 27.3 Å². The molecule has 21 heavy (non-hydrogen) atoms.